The summed E-state index contributed by atoms with van der Waals surface area (Å²) in [6.07, 6.45) is 2.47. The summed E-state index contributed by atoms with van der Waals surface area (Å²) in [5.41, 5.74) is 2.46. The fourth-order valence-corrected chi connectivity index (χ4v) is 2.80. The zero-order valence-corrected chi connectivity index (χ0v) is 14.3. The highest BCUT2D eigenvalue weighted by Gasteiger charge is 2.30. The molecule has 1 aliphatic rings. The second-order valence-corrected chi connectivity index (χ2v) is 6.34. The van der Waals surface area contributed by atoms with Crippen molar-refractivity contribution in [3.63, 3.8) is 0 Å². The van der Waals surface area contributed by atoms with Crippen molar-refractivity contribution in [3.8, 4) is 0 Å². The molecule has 0 aliphatic carbocycles. The summed E-state index contributed by atoms with van der Waals surface area (Å²) < 4.78 is 5.25. The van der Waals surface area contributed by atoms with Gasteiger partial charge in [0.15, 0.2) is 0 Å². The average molecular weight is 316 g/mol. The van der Waals surface area contributed by atoms with Gasteiger partial charge in [0, 0.05) is 13.1 Å². The topological polar surface area (TPSA) is 41.6 Å². The van der Waals surface area contributed by atoms with Gasteiger partial charge >= 0.3 is 6.09 Å². The maximum atomic E-state index is 12.0. The fourth-order valence-electron chi connectivity index (χ4n) is 2.80. The Bertz CT molecular complexity index is 515. The lowest BCUT2D eigenvalue weighted by molar-refractivity contribution is 0.0925. The van der Waals surface area contributed by atoms with Crippen LogP contribution in [-0.4, -0.2) is 30.3 Å². The van der Waals surface area contributed by atoms with Crippen LogP contribution < -0.4 is 5.32 Å². The van der Waals surface area contributed by atoms with E-state index in [9.17, 15) is 4.79 Å². The van der Waals surface area contributed by atoms with E-state index >= 15 is 0 Å². The first-order chi connectivity index (χ1) is 11.1. The van der Waals surface area contributed by atoms with E-state index in [0.717, 1.165) is 32.4 Å². The van der Waals surface area contributed by atoms with Crippen LogP contribution in [0.5, 0.6) is 0 Å². The molecule has 2 rings (SSSR count). The molecule has 1 aromatic rings. The molecule has 4 nitrogen and oxygen atoms in total. The number of carbonyl (C=O) groups is 1. The van der Waals surface area contributed by atoms with Crippen molar-refractivity contribution in [1.29, 1.82) is 0 Å². The van der Waals surface area contributed by atoms with Gasteiger partial charge in [-0.3, -0.25) is 4.90 Å². The van der Waals surface area contributed by atoms with Gasteiger partial charge in [0.05, 0.1) is 12.8 Å². The number of amides is 1. The Morgan fingerprint density at radius 1 is 1.39 bits per heavy atom. The normalized spacial score (nSPS) is 21.9. The lowest BCUT2D eigenvalue weighted by Gasteiger charge is -2.39. The SMILES string of the molecule is C=C1CN(Cc2ccccc2)C(NC(=O)OCCCC)C[C@H]1C. The van der Waals surface area contributed by atoms with E-state index in [-0.39, 0.29) is 12.3 Å². The number of unbranched alkanes of at least 4 members (excludes halogenated alkanes) is 1. The van der Waals surface area contributed by atoms with E-state index in [1.54, 1.807) is 0 Å². The van der Waals surface area contributed by atoms with E-state index in [1.165, 1.54) is 11.1 Å². The number of piperidine rings is 1. The van der Waals surface area contributed by atoms with Gasteiger partial charge in [0.25, 0.3) is 0 Å². The Morgan fingerprint density at radius 3 is 2.83 bits per heavy atom. The molecule has 4 heteroatoms. The Hall–Kier alpha value is -1.81. The summed E-state index contributed by atoms with van der Waals surface area (Å²) in [5, 5.41) is 3.02. The Labute approximate surface area is 139 Å². The maximum absolute atomic E-state index is 12.0. The Morgan fingerprint density at radius 2 is 2.13 bits per heavy atom. The molecule has 1 fully saturated rings. The number of rotatable bonds is 6. The third kappa shape index (κ3) is 5.39. The molecule has 0 saturated carbocycles. The lowest BCUT2D eigenvalue weighted by Crippen LogP contribution is -2.52. The number of benzene rings is 1. The molecular formula is C19H28N2O2. The molecule has 1 unspecified atom stereocenters. The predicted octanol–water partition coefficient (Wildman–Crippen LogP) is 3.94. The molecule has 23 heavy (non-hydrogen) atoms. The zero-order valence-electron chi connectivity index (χ0n) is 14.3. The predicted molar refractivity (Wildman–Crippen MR) is 93.0 cm³/mol. The van der Waals surface area contributed by atoms with Crippen LogP contribution in [0.3, 0.4) is 0 Å². The van der Waals surface area contributed by atoms with E-state index in [4.69, 9.17) is 4.74 Å². The van der Waals surface area contributed by atoms with Crippen molar-refractivity contribution in [2.75, 3.05) is 13.2 Å². The first kappa shape index (κ1) is 17.5. The van der Waals surface area contributed by atoms with Gasteiger partial charge in [0.2, 0.25) is 0 Å². The van der Waals surface area contributed by atoms with Crippen LogP contribution in [-0.2, 0) is 11.3 Å². The van der Waals surface area contributed by atoms with Gasteiger partial charge in [0.1, 0.15) is 0 Å². The minimum atomic E-state index is -0.318. The molecular weight excluding hydrogens is 288 g/mol. The van der Waals surface area contributed by atoms with Crippen LogP contribution in [0.4, 0.5) is 4.79 Å². The minimum absolute atomic E-state index is 0.00941. The number of hydrogen-bond donors (Lipinski definition) is 1. The van der Waals surface area contributed by atoms with Crippen LogP contribution in [0.1, 0.15) is 38.7 Å². The van der Waals surface area contributed by atoms with Gasteiger partial charge in [-0.1, -0.05) is 62.8 Å². The van der Waals surface area contributed by atoms with Crippen molar-refractivity contribution in [3.05, 3.63) is 48.0 Å². The highest BCUT2D eigenvalue weighted by molar-refractivity contribution is 5.67. The third-order valence-electron chi connectivity index (χ3n) is 4.36. The summed E-state index contributed by atoms with van der Waals surface area (Å²) in [6.45, 7) is 10.5. The Kier molecular flexibility index (Phi) is 6.66. The van der Waals surface area contributed by atoms with Crippen molar-refractivity contribution < 1.29 is 9.53 Å². The number of nitrogens with zero attached hydrogens (tertiary/aromatic N) is 1. The number of hydrogen-bond acceptors (Lipinski definition) is 3. The molecule has 1 aliphatic heterocycles. The van der Waals surface area contributed by atoms with Crippen molar-refractivity contribution in [2.24, 2.45) is 5.92 Å². The molecule has 1 saturated heterocycles. The molecule has 0 aromatic heterocycles. The number of alkyl carbamates (subject to hydrolysis) is 1. The van der Waals surface area contributed by atoms with Gasteiger partial charge < -0.3 is 10.1 Å². The van der Waals surface area contributed by atoms with Crippen LogP contribution in [0.15, 0.2) is 42.5 Å². The molecule has 2 atom stereocenters. The van der Waals surface area contributed by atoms with Gasteiger partial charge in [-0.2, -0.15) is 0 Å². The Balaban J connectivity index is 1.97. The van der Waals surface area contributed by atoms with Crippen molar-refractivity contribution >= 4 is 6.09 Å². The van der Waals surface area contributed by atoms with E-state index in [1.807, 2.05) is 18.2 Å². The molecule has 1 amide bonds. The third-order valence-corrected chi connectivity index (χ3v) is 4.36. The first-order valence-corrected chi connectivity index (χ1v) is 8.49. The van der Waals surface area contributed by atoms with Crippen LogP contribution in [0.25, 0.3) is 0 Å². The van der Waals surface area contributed by atoms with E-state index in [0.29, 0.717) is 12.5 Å². The first-order valence-electron chi connectivity index (χ1n) is 8.49. The van der Waals surface area contributed by atoms with Crippen LogP contribution in [0.2, 0.25) is 0 Å². The number of ether oxygens (including phenoxy) is 1. The average Bonchev–Trinajstić information content (AvgIpc) is 2.53. The lowest BCUT2D eigenvalue weighted by atomic mass is 9.91. The summed E-state index contributed by atoms with van der Waals surface area (Å²) in [4.78, 5) is 14.3. The quantitative estimate of drug-likeness (QED) is 0.638. The molecule has 1 aromatic carbocycles. The maximum Gasteiger partial charge on any atom is 0.408 e. The second kappa shape index (κ2) is 8.73. The fraction of sp³-hybridized carbons (Fsp3) is 0.526. The summed E-state index contributed by atoms with van der Waals surface area (Å²) >= 11 is 0. The van der Waals surface area contributed by atoms with Gasteiger partial charge in [-0.05, 0) is 24.3 Å². The van der Waals surface area contributed by atoms with Crippen LogP contribution >= 0.6 is 0 Å². The number of carbonyl (C=O) groups excluding carboxylic acids is 1. The molecule has 1 heterocycles. The highest BCUT2D eigenvalue weighted by atomic mass is 16.5. The monoisotopic (exact) mass is 316 g/mol. The summed E-state index contributed by atoms with van der Waals surface area (Å²) in [6, 6.07) is 10.3. The largest absolute Gasteiger partial charge is 0.450 e. The zero-order chi connectivity index (χ0) is 16.7. The standard InChI is InChI=1S/C19H28N2O2/c1-4-5-11-23-19(22)20-18-12-15(2)16(3)13-21(18)14-17-9-7-6-8-10-17/h6-10,15,18H,3-5,11-14H2,1-2H3,(H,20,22)/t15-,18?/m1/s1. The van der Waals surface area contributed by atoms with E-state index in [2.05, 4.69) is 42.8 Å². The molecule has 0 radical (unpaired) electrons. The van der Waals surface area contributed by atoms with Gasteiger partial charge in [-0.15, -0.1) is 0 Å². The molecule has 0 spiro atoms. The molecule has 126 valence electrons. The minimum Gasteiger partial charge on any atom is -0.450 e. The highest BCUT2D eigenvalue weighted by Crippen LogP contribution is 2.26. The van der Waals surface area contributed by atoms with Crippen LogP contribution in [0, 0.1) is 5.92 Å². The smallest absolute Gasteiger partial charge is 0.408 e. The number of nitrogens with one attached hydrogen (secondary N) is 1. The summed E-state index contributed by atoms with van der Waals surface area (Å²) in [7, 11) is 0. The molecule has 0 bridgehead atoms. The summed E-state index contributed by atoms with van der Waals surface area (Å²) in [5.74, 6) is 0.406. The van der Waals surface area contributed by atoms with Crippen molar-refractivity contribution in [2.45, 2.75) is 45.8 Å². The second-order valence-electron chi connectivity index (χ2n) is 6.34. The van der Waals surface area contributed by atoms with Gasteiger partial charge in [-0.25, -0.2) is 4.79 Å². The molecule has 1 N–H and O–H groups in total. The van der Waals surface area contributed by atoms with E-state index < -0.39 is 0 Å². The van der Waals surface area contributed by atoms with Crippen molar-refractivity contribution in [1.82, 2.24) is 10.2 Å². The number of likely N-dealkylation sites (tertiary alicyclic amines) is 1.